The molecule has 0 saturated heterocycles. The van der Waals surface area contributed by atoms with Gasteiger partial charge in [0, 0.05) is 32.4 Å². The van der Waals surface area contributed by atoms with Crippen molar-refractivity contribution in [3.63, 3.8) is 0 Å². The van der Waals surface area contributed by atoms with E-state index in [4.69, 9.17) is 9.40 Å². The van der Waals surface area contributed by atoms with E-state index in [0.29, 0.717) is 11.8 Å². The summed E-state index contributed by atoms with van der Waals surface area (Å²) in [4.78, 5) is 7.23. The molecule has 1 aliphatic rings. The lowest BCUT2D eigenvalue weighted by atomic mass is 9.94. The molecule has 1 aliphatic heterocycles. The lowest BCUT2D eigenvalue weighted by Crippen LogP contribution is -2.34. The number of rotatable bonds is 3. The van der Waals surface area contributed by atoms with E-state index < -0.39 is 0 Å². The lowest BCUT2D eigenvalue weighted by Gasteiger charge is -2.34. The number of pyridine rings is 1. The molecule has 0 amide bonds. The van der Waals surface area contributed by atoms with Gasteiger partial charge in [-0.1, -0.05) is 30.3 Å². The number of benzene rings is 1. The summed E-state index contributed by atoms with van der Waals surface area (Å²) >= 11 is 0. The molecular formula is C21H21N5O. The predicted molar refractivity (Wildman–Crippen MR) is 101 cm³/mol. The van der Waals surface area contributed by atoms with Crippen molar-refractivity contribution in [2.45, 2.75) is 39.4 Å². The van der Waals surface area contributed by atoms with Crippen LogP contribution in [0.15, 0.2) is 53.2 Å². The molecule has 27 heavy (non-hydrogen) atoms. The third-order valence-electron chi connectivity index (χ3n) is 5.27. The van der Waals surface area contributed by atoms with Gasteiger partial charge in [-0.25, -0.2) is 4.98 Å². The van der Waals surface area contributed by atoms with Crippen molar-refractivity contribution in [1.82, 2.24) is 24.5 Å². The molecule has 0 radical (unpaired) electrons. The summed E-state index contributed by atoms with van der Waals surface area (Å²) < 4.78 is 7.89. The standard InChI is InChI=1S/C21H21N5O/c1-14-6-5-9-25-12-18(22-20(14)25)13-26-11-17-8-4-3-7-16(17)10-19(26)21-24-23-15(2)27-21/h3-9,12,19H,10-11,13H2,1-2H3/t19-/m0/s1. The van der Waals surface area contributed by atoms with Crippen molar-refractivity contribution in [2.75, 3.05) is 0 Å². The largest absolute Gasteiger partial charge is 0.424 e. The van der Waals surface area contributed by atoms with Gasteiger partial charge in [0.05, 0.1) is 11.7 Å². The Kier molecular flexibility index (Phi) is 3.79. The average molecular weight is 359 g/mol. The highest BCUT2D eigenvalue weighted by atomic mass is 16.4. The quantitative estimate of drug-likeness (QED) is 0.559. The Hall–Kier alpha value is -2.99. The highest BCUT2D eigenvalue weighted by Gasteiger charge is 2.31. The lowest BCUT2D eigenvalue weighted by molar-refractivity contribution is 0.136. The molecular weight excluding hydrogens is 338 g/mol. The second-order valence-electron chi connectivity index (χ2n) is 7.21. The Bertz CT molecular complexity index is 1110. The number of hydrogen-bond donors (Lipinski definition) is 0. The molecule has 5 rings (SSSR count). The van der Waals surface area contributed by atoms with E-state index in [-0.39, 0.29) is 6.04 Å². The summed E-state index contributed by atoms with van der Waals surface area (Å²) in [6, 6.07) is 12.8. The van der Waals surface area contributed by atoms with Gasteiger partial charge in [0.15, 0.2) is 0 Å². The average Bonchev–Trinajstić information content (AvgIpc) is 3.28. The zero-order valence-electron chi connectivity index (χ0n) is 15.5. The number of aryl methyl sites for hydroxylation is 2. The summed E-state index contributed by atoms with van der Waals surface area (Å²) in [5.41, 5.74) is 5.93. The van der Waals surface area contributed by atoms with Gasteiger partial charge in [-0.2, -0.15) is 0 Å². The van der Waals surface area contributed by atoms with Crippen LogP contribution >= 0.6 is 0 Å². The van der Waals surface area contributed by atoms with Crippen LogP contribution in [-0.4, -0.2) is 24.5 Å². The normalized spacial score (nSPS) is 17.3. The van der Waals surface area contributed by atoms with Crippen molar-refractivity contribution in [2.24, 2.45) is 0 Å². The van der Waals surface area contributed by atoms with E-state index in [1.165, 1.54) is 16.7 Å². The molecule has 3 aromatic heterocycles. The van der Waals surface area contributed by atoms with E-state index >= 15 is 0 Å². The van der Waals surface area contributed by atoms with Crippen LogP contribution < -0.4 is 0 Å². The van der Waals surface area contributed by atoms with Crippen molar-refractivity contribution in [1.29, 1.82) is 0 Å². The molecule has 0 bridgehead atoms. The van der Waals surface area contributed by atoms with Gasteiger partial charge in [0.2, 0.25) is 11.8 Å². The van der Waals surface area contributed by atoms with Gasteiger partial charge in [-0.15, -0.1) is 10.2 Å². The van der Waals surface area contributed by atoms with Crippen LogP contribution in [0.2, 0.25) is 0 Å². The van der Waals surface area contributed by atoms with Gasteiger partial charge >= 0.3 is 0 Å². The van der Waals surface area contributed by atoms with Gasteiger partial charge < -0.3 is 8.82 Å². The molecule has 0 aliphatic carbocycles. The van der Waals surface area contributed by atoms with Crippen LogP contribution in [0, 0.1) is 13.8 Å². The SMILES string of the molecule is Cc1nnc([C@@H]2Cc3ccccc3CN2Cc2cn3cccc(C)c3n2)o1. The minimum absolute atomic E-state index is 0.0620. The van der Waals surface area contributed by atoms with Crippen LogP contribution in [0.25, 0.3) is 5.65 Å². The molecule has 0 unspecified atom stereocenters. The molecule has 0 N–H and O–H groups in total. The maximum absolute atomic E-state index is 5.79. The Balaban J connectivity index is 1.51. The predicted octanol–water partition coefficient (Wildman–Crippen LogP) is 3.63. The molecule has 4 aromatic rings. The van der Waals surface area contributed by atoms with Gasteiger partial charge in [-0.05, 0) is 36.1 Å². The maximum Gasteiger partial charge on any atom is 0.233 e. The van der Waals surface area contributed by atoms with Crippen LogP contribution in [0.5, 0.6) is 0 Å². The van der Waals surface area contributed by atoms with Crippen LogP contribution in [0.3, 0.4) is 0 Å². The minimum atomic E-state index is 0.0620. The zero-order valence-corrected chi connectivity index (χ0v) is 15.5. The highest BCUT2D eigenvalue weighted by Crippen LogP contribution is 2.33. The third kappa shape index (κ3) is 2.92. The first-order valence-electron chi connectivity index (χ1n) is 9.21. The van der Waals surface area contributed by atoms with E-state index in [9.17, 15) is 0 Å². The van der Waals surface area contributed by atoms with Gasteiger partial charge in [-0.3, -0.25) is 4.90 Å². The third-order valence-corrected chi connectivity index (χ3v) is 5.27. The fraction of sp³-hybridized carbons (Fsp3) is 0.286. The van der Waals surface area contributed by atoms with Gasteiger partial charge in [0.25, 0.3) is 0 Å². The topological polar surface area (TPSA) is 59.5 Å². The highest BCUT2D eigenvalue weighted by molar-refractivity contribution is 5.47. The Morgan fingerprint density at radius 2 is 1.93 bits per heavy atom. The van der Waals surface area contributed by atoms with Crippen LogP contribution in [0.1, 0.15) is 40.2 Å². The van der Waals surface area contributed by atoms with Gasteiger partial charge in [0.1, 0.15) is 5.65 Å². The Morgan fingerprint density at radius 1 is 1.07 bits per heavy atom. The summed E-state index contributed by atoms with van der Waals surface area (Å²) in [6.07, 6.45) is 5.02. The first-order valence-corrected chi connectivity index (χ1v) is 9.21. The molecule has 0 fully saturated rings. The van der Waals surface area contributed by atoms with E-state index in [2.05, 4.69) is 69.0 Å². The Morgan fingerprint density at radius 3 is 2.70 bits per heavy atom. The van der Waals surface area contributed by atoms with E-state index in [0.717, 1.165) is 30.9 Å². The second kappa shape index (κ2) is 6.32. The number of aromatic nitrogens is 4. The fourth-order valence-electron chi connectivity index (χ4n) is 3.92. The Labute approximate surface area is 157 Å². The van der Waals surface area contributed by atoms with Crippen molar-refractivity contribution in [3.05, 3.63) is 83.0 Å². The van der Waals surface area contributed by atoms with Crippen molar-refractivity contribution < 1.29 is 4.42 Å². The van der Waals surface area contributed by atoms with Crippen molar-refractivity contribution >= 4 is 5.65 Å². The summed E-state index contributed by atoms with van der Waals surface area (Å²) in [7, 11) is 0. The maximum atomic E-state index is 5.79. The molecule has 136 valence electrons. The smallest absolute Gasteiger partial charge is 0.233 e. The summed E-state index contributed by atoms with van der Waals surface area (Å²) in [6.45, 7) is 5.51. The second-order valence-corrected chi connectivity index (χ2v) is 7.21. The number of nitrogens with zero attached hydrogens (tertiary/aromatic N) is 5. The van der Waals surface area contributed by atoms with Crippen LogP contribution in [0.4, 0.5) is 0 Å². The van der Waals surface area contributed by atoms with E-state index in [1.807, 2.05) is 13.1 Å². The summed E-state index contributed by atoms with van der Waals surface area (Å²) in [5.74, 6) is 1.29. The fourth-order valence-corrected chi connectivity index (χ4v) is 3.92. The van der Waals surface area contributed by atoms with E-state index in [1.54, 1.807) is 0 Å². The molecule has 0 spiro atoms. The zero-order chi connectivity index (χ0) is 18.4. The minimum Gasteiger partial charge on any atom is -0.424 e. The molecule has 0 saturated carbocycles. The number of fused-ring (bicyclic) bond motifs is 2. The van der Waals surface area contributed by atoms with Crippen molar-refractivity contribution in [3.8, 4) is 0 Å². The molecule has 6 nitrogen and oxygen atoms in total. The molecule has 6 heteroatoms. The molecule has 1 aromatic carbocycles. The molecule has 1 atom stereocenters. The first-order chi connectivity index (χ1) is 13.2. The number of hydrogen-bond acceptors (Lipinski definition) is 5. The first kappa shape index (κ1) is 16.2. The summed E-state index contributed by atoms with van der Waals surface area (Å²) in [5, 5.41) is 8.35. The molecule has 4 heterocycles. The monoisotopic (exact) mass is 359 g/mol. The van der Waals surface area contributed by atoms with Crippen LogP contribution in [-0.2, 0) is 19.5 Å². The number of imidazole rings is 1.